The van der Waals surface area contributed by atoms with Crippen molar-refractivity contribution in [1.29, 1.82) is 0 Å². The number of ether oxygens (including phenoxy) is 1. The van der Waals surface area contributed by atoms with Crippen LogP contribution in [0.3, 0.4) is 0 Å². The van der Waals surface area contributed by atoms with Crippen LogP contribution >= 0.6 is 0 Å². The zero-order valence-electron chi connectivity index (χ0n) is 12.6. The molecule has 114 valence electrons. The summed E-state index contributed by atoms with van der Waals surface area (Å²) in [4.78, 5) is 6.38. The molecule has 0 aromatic carbocycles. The Morgan fingerprint density at radius 3 is 2.95 bits per heavy atom. The normalized spacial score (nSPS) is 20.0. The Morgan fingerprint density at radius 2 is 2.24 bits per heavy atom. The second-order valence-electron chi connectivity index (χ2n) is 5.56. The fraction of sp³-hybridized carbons (Fsp3) is 0.643. The molecular weight excluding hydrogens is 268 g/mol. The Labute approximate surface area is 124 Å². The molecule has 0 bridgehead atoms. The molecule has 1 aliphatic rings. The van der Waals surface area contributed by atoms with Gasteiger partial charge in [0, 0.05) is 25.3 Å². The van der Waals surface area contributed by atoms with Gasteiger partial charge in [-0.05, 0) is 19.9 Å². The third kappa shape index (κ3) is 3.68. The minimum absolute atomic E-state index is 0.201. The summed E-state index contributed by atoms with van der Waals surface area (Å²) in [5.74, 6) is 0. The lowest BCUT2D eigenvalue weighted by molar-refractivity contribution is -0.0387. The fourth-order valence-corrected chi connectivity index (χ4v) is 2.74. The van der Waals surface area contributed by atoms with E-state index in [9.17, 15) is 0 Å². The minimum atomic E-state index is 0.201. The first kappa shape index (κ1) is 14.2. The Kier molecular flexibility index (Phi) is 4.31. The van der Waals surface area contributed by atoms with Crippen LogP contribution in [0.1, 0.15) is 11.4 Å². The number of aryl methyl sites for hydroxylation is 2. The van der Waals surface area contributed by atoms with Crippen molar-refractivity contribution in [3.63, 3.8) is 0 Å². The Hall–Kier alpha value is -1.73. The SMILES string of the molecule is Cc1cc(C)n(C[C@@H]2CN(CCn3cncn3)CCO2)n1. The molecule has 0 spiro atoms. The molecule has 2 aromatic heterocycles. The molecule has 0 aliphatic carbocycles. The van der Waals surface area contributed by atoms with E-state index in [2.05, 4.69) is 33.1 Å². The van der Waals surface area contributed by atoms with Gasteiger partial charge in [-0.15, -0.1) is 0 Å². The van der Waals surface area contributed by atoms with Crippen molar-refractivity contribution in [3.05, 3.63) is 30.1 Å². The average Bonchev–Trinajstić information content (AvgIpc) is 3.07. The number of hydrogen-bond acceptors (Lipinski definition) is 5. The Bertz CT molecular complexity index is 564. The van der Waals surface area contributed by atoms with Gasteiger partial charge in [0.1, 0.15) is 12.7 Å². The molecule has 0 unspecified atom stereocenters. The van der Waals surface area contributed by atoms with Crippen molar-refractivity contribution in [1.82, 2.24) is 29.4 Å². The fourth-order valence-electron chi connectivity index (χ4n) is 2.74. The van der Waals surface area contributed by atoms with Gasteiger partial charge in [-0.25, -0.2) is 4.98 Å². The van der Waals surface area contributed by atoms with Crippen LogP contribution < -0.4 is 0 Å². The molecule has 0 radical (unpaired) electrons. The Morgan fingerprint density at radius 1 is 1.33 bits per heavy atom. The Balaban J connectivity index is 1.52. The van der Waals surface area contributed by atoms with Gasteiger partial charge in [0.15, 0.2) is 0 Å². The maximum absolute atomic E-state index is 5.88. The number of aromatic nitrogens is 5. The third-order valence-corrected chi connectivity index (χ3v) is 3.81. The average molecular weight is 290 g/mol. The molecule has 7 heteroatoms. The van der Waals surface area contributed by atoms with Crippen LogP contribution in [0.25, 0.3) is 0 Å². The van der Waals surface area contributed by atoms with Gasteiger partial charge in [-0.1, -0.05) is 0 Å². The summed E-state index contributed by atoms with van der Waals surface area (Å²) in [5.41, 5.74) is 2.25. The molecule has 2 aromatic rings. The molecule has 0 N–H and O–H groups in total. The second kappa shape index (κ2) is 6.36. The monoisotopic (exact) mass is 290 g/mol. The maximum atomic E-state index is 5.88. The first-order valence-electron chi connectivity index (χ1n) is 7.38. The van der Waals surface area contributed by atoms with Gasteiger partial charge in [0.05, 0.1) is 31.5 Å². The van der Waals surface area contributed by atoms with Gasteiger partial charge < -0.3 is 4.74 Å². The van der Waals surface area contributed by atoms with Crippen LogP contribution in [-0.4, -0.2) is 61.8 Å². The molecular formula is C14H22N6O. The number of nitrogens with zero attached hydrogens (tertiary/aromatic N) is 6. The van der Waals surface area contributed by atoms with E-state index in [1.54, 1.807) is 12.7 Å². The molecule has 0 saturated carbocycles. The second-order valence-corrected chi connectivity index (χ2v) is 5.56. The smallest absolute Gasteiger partial charge is 0.137 e. The first-order chi connectivity index (χ1) is 10.2. The van der Waals surface area contributed by atoms with E-state index < -0.39 is 0 Å². The van der Waals surface area contributed by atoms with Crippen molar-refractivity contribution in [3.8, 4) is 0 Å². The highest BCUT2D eigenvalue weighted by molar-refractivity contribution is 5.06. The van der Waals surface area contributed by atoms with E-state index in [4.69, 9.17) is 4.74 Å². The lowest BCUT2D eigenvalue weighted by atomic mass is 10.2. The molecule has 21 heavy (non-hydrogen) atoms. The van der Waals surface area contributed by atoms with E-state index in [0.29, 0.717) is 0 Å². The summed E-state index contributed by atoms with van der Waals surface area (Å²) in [5, 5.41) is 8.65. The topological polar surface area (TPSA) is 61.0 Å². The van der Waals surface area contributed by atoms with Crippen LogP contribution in [0.15, 0.2) is 18.7 Å². The van der Waals surface area contributed by atoms with Crippen molar-refractivity contribution in [2.45, 2.75) is 33.0 Å². The summed E-state index contributed by atoms with van der Waals surface area (Å²) >= 11 is 0. The summed E-state index contributed by atoms with van der Waals surface area (Å²) in [6.45, 7) is 9.46. The predicted molar refractivity (Wildman–Crippen MR) is 77.9 cm³/mol. The lowest BCUT2D eigenvalue weighted by Crippen LogP contribution is -2.45. The maximum Gasteiger partial charge on any atom is 0.137 e. The van der Waals surface area contributed by atoms with Gasteiger partial charge in [-0.3, -0.25) is 14.3 Å². The van der Waals surface area contributed by atoms with E-state index in [1.165, 1.54) is 5.69 Å². The summed E-state index contributed by atoms with van der Waals surface area (Å²) in [6, 6.07) is 2.10. The molecule has 1 atom stereocenters. The van der Waals surface area contributed by atoms with Gasteiger partial charge >= 0.3 is 0 Å². The standard InChI is InChI=1S/C14H22N6O/c1-12-7-13(2)20(17-12)9-14-8-18(5-6-21-14)3-4-19-11-15-10-16-19/h7,10-11,14H,3-6,8-9H2,1-2H3/t14-/m0/s1. The highest BCUT2D eigenvalue weighted by Crippen LogP contribution is 2.10. The molecule has 1 aliphatic heterocycles. The van der Waals surface area contributed by atoms with Gasteiger partial charge in [0.2, 0.25) is 0 Å². The highest BCUT2D eigenvalue weighted by atomic mass is 16.5. The number of morpholine rings is 1. The first-order valence-corrected chi connectivity index (χ1v) is 7.38. The number of hydrogen-bond donors (Lipinski definition) is 0. The van der Waals surface area contributed by atoms with Crippen LogP contribution in [-0.2, 0) is 17.8 Å². The van der Waals surface area contributed by atoms with Crippen molar-refractivity contribution in [2.75, 3.05) is 26.2 Å². The summed E-state index contributed by atoms with van der Waals surface area (Å²) < 4.78 is 9.79. The number of rotatable bonds is 5. The summed E-state index contributed by atoms with van der Waals surface area (Å²) in [6.07, 6.45) is 3.53. The van der Waals surface area contributed by atoms with Crippen molar-refractivity contribution < 1.29 is 4.74 Å². The zero-order chi connectivity index (χ0) is 14.7. The van der Waals surface area contributed by atoms with Crippen LogP contribution in [0.4, 0.5) is 0 Å². The van der Waals surface area contributed by atoms with Gasteiger partial charge in [0.25, 0.3) is 0 Å². The molecule has 7 nitrogen and oxygen atoms in total. The van der Waals surface area contributed by atoms with Crippen molar-refractivity contribution in [2.24, 2.45) is 0 Å². The molecule has 0 amide bonds. The molecule has 3 heterocycles. The zero-order valence-corrected chi connectivity index (χ0v) is 12.6. The largest absolute Gasteiger partial charge is 0.374 e. The molecule has 1 saturated heterocycles. The van der Waals surface area contributed by atoms with Crippen molar-refractivity contribution >= 4 is 0 Å². The lowest BCUT2D eigenvalue weighted by Gasteiger charge is -2.32. The third-order valence-electron chi connectivity index (χ3n) is 3.81. The summed E-state index contributed by atoms with van der Waals surface area (Å²) in [7, 11) is 0. The molecule has 3 rings (SSSR count). The van der Waals surface area contributed by atoms with Crippen LogP contribution in [0.2, 0.25) is 0 Å². The van der Waals surface area contributed by atoms with E-state index >= 15 is 0 Å². The predicted octanol–water partition coefficient (Wildman–Crippen LogP) is 0.492. The van der Waals surface area contributed by atoms with E-state index in [-0.39, 0.29) is 6.10 Å². The minimum Gasteiger partial charge on any atom is -0.374 e. The van der Waals surface area contributed by atoms with E-state index in [0.717, 1.165) is 45.0 Å². The van der Waals surface area contributed by atoms with Crippen LogP contribution in [0, 0.1) is 13.8 Å². The highest BCUT2D eigenvalue weighted by Gasteiger charge is 2.21. The molecule has 1 fully saturated rings. The van der Waals surface area contributed by atoms with Gasteiger partial charge in [-0.2, -0.15) is 10.2 Å². The van der Waals surface area contributed by atoms with Crippen LogP contribution in [0.5, 0.6) is 0 Å². The van der Waals surface area contributed by atoms with E-state index in [1.807, 2.05) is 16.3 Å². The quantitative estimate of drug-likeness (QED) is 0.802.